The highest BCUT2D eigenvalue weighted by molar-refractivity contribution is 5.77. The number of amides is 1. The molecule has 1 rings (SSSR count). The van der Waals surface area contributed by atoms with Gasteiger partial charge in [-0.25, -0.2) is 0 Å². The smallest absolute Gasteiger partial charge is 0.234 e. The van der Waals surface area contributed by atoms with Crippen LogP contribution in [0.15, 0.2) is 30.3 Å². The first-order valence-electron chi connectivity index (χ1n) is 6.58. The molecule has 0 aliphatic rings. The summed E-state index contributed by atoms with van der Waals surface area (Å²) in [5.41, 5.74) is 0.437. The van der Waals surface area contributed by atoms with Crippen LogP contribution in [0.3, 0.4) is 0 Å². The van der Waals surface area contributed by atoms with Crippen molar-refractivity contribution in [1.82, 2.24) is 10.2 Å². The van der Waals surface area contributed by atoms with Crippen molar-refractivity contribution in [2.75, 3.05) is 26.7 Å². The highest BCUT2D eigenvalue weighted by Gasteiger charge is 2.17. The number of nitrogens with zero attached hydrogens (tertiary/aromatic N) is 1. The second kappa shape index (κ2) is 7.26. The maximum atomic E-state index is 11.7. The summed E-state index contributed by atoms with van der Waals surface area (Å²) in [6, 6.07) is 10.1. The Morgan fingerprint density at radius 1 is 1.32 bits per heavy atom. The molecule has 1 aromatic rings. The molecule has 0 aliphatic carbocycles. The molecule has 0 spiro atoms. The van der Waals surface area contributed by atoms with Crippen molar-refractivity contribution in [3.8, 4) is 0 Å². The van der Waals surface area contributed by atoms with Gasteiger partial charge in [0.2, 0.25) is 5.91 Å². The molecule has 2 N–H and O–H groups in total. The minimum absolute atomic E-state index is 0.0114. The zero-order valence-electron chi connectivity index (χ0n) is 12.0. The van der Waals surface area contributed by atoms with Crippen molar-refractivity contribution in [1.29, 1.82) is 0 Å². The van der Waals surface area contributed by atoms with E-state index in [1.165, 1.54) is 5.56 Å². The van der Waals surface area contributed by atoms with E-state index >= 15 is 0 Å². The fourth-order valence-electron chi connectivity index (χ4n) is 2.01. The Kier molecular flexibility index (Phi) is 5.99. The van der Waals surface area contributed by atoms with Crippen molar-refractivity contribution in [3.63, 3.8) is 0 Å². The fourth-order valence-corrected chi connectivity index (χ4v) is 2.01. The standard InChI is InChI=1S/C15H24N2O2/c1-15(2,19)12-17(3)11-14(18)16-10-9-13-7-5-4-6-8-13/h4-8,19H,9-12H2,1-3H3,(H,16,18). The third-order valence-corrected chi connectivity index (χ3v) is 2.65. The van der Waals surface area contributed by atoms with E-state index in [4.69, 9.17) is 0 Å². The maximum absolute atomic E-state index is 11.7. The average molecular weight is 264 g/mol. The molecule has 0 saturated carbocycles. The third kappa shape index (κ3) is 7.59. The van der Waals surface area contributed by atoms with Crippen molar-refractivity contribution >= 4 is 5.91 Å². The molecule has 0 atom stereocenters. The molecule has 4 nitrogen and oxygen atoms in total. The summed E-state index contributed by atoms with van der Waals surface area (Å²) < 4.78 is 0. The SMILES string of the molecule is CN(CC(=O)NCCc1ccccc1)CC(C)(C)O. The number of aliphatic hydroxyl groups is 1. The number of carbonyl (C=O) groups excluding carboxylic acids is 1. The number of likely N-dealkylation sites (N-methyl/N-ethyl adjacent to an activating group) is 1. The summed E-state index contributed by atoms with van der Waals surface area (Å²) in [6.07, 6.45) is 0.835. The van der Waals surface area contributed by atoms with Gasteiger partial charge in [0.25, 0.3) is 0 Å². The number of nitrogens with one attached hydrogen (secondary N) is 1. The second-order valence-corrected chi connectivity index (χ2v) is 5.57. The van der Waals surface area contributed by atoms with Crippen LogP contribution in [-0.2, 0) is 11.2 Å². The number of hydrogen-bond acceptors (Lipinski definition) is 3. The molecule has 0 fully saturated rings. The first-order chi connectivity index (χ1) is 8.87. The second-order valence-electron chi connectivity index (χ2n) is 5.57. The van der Waals surface area contributed by atoms with Gasteiger partial charge >= 0.3 is 0 Å². The molecule has 19 heavy (non-hydrogen) atoms. The number of carbonyl (C=O) groups is 1. The van der Waals surface area contributed by atoms with Crippen LogP contribution in [0, 0.1) is 0 Å². The van der Waals surface area contributed by atoms with E-state index in [2.05, 4.69) is 5.32 Å². The van der Waals surface area contributed by atoms with Gasteiger partial charge in [-0.1, -0.05) is 30.3 Å². The quantitative estimate of drug-likeness (QED) is 0.774. The number of rotatable bonds is 7. The van der Waals surface area contributed by atoms with Crippen molar-refractivity contribution in [2.45, 2.75) is 25.9 Å². The van der Waals surface area contributed by atoms with Crippen LogP contribution in [0.4, 0.5) is 0 Å². The molecule has 0 radical (unpaired) electrons. The number of benzene rings is 1. The lowest BCUT2D eigenvalue weighted by Crippen LogP contribution is -2.42. The maximum Gasteiger partial charge on any atom is 0.234 e. The molecular formula is C15H24N2O2. The summed E-state index contributed by atoms with van der Waals surface area (Å²) in [5.74, 6) is -0.0114. The average Bonchev–Trinajstić information content (AvgIpc) is 2.27. The topological polar surface area (TPSA) is 52.6 Å². The molecule has 0 unspecified atom stereocenters. The van der Waals surface area contributed by atoms with Gasteiger partial charge in [-0.3, -0.25) is 9.69 Å². The van der Waals surface area contributed by atoms with Crippen LogP contribution in [0.5, 0.6) is 0 Å². The van der Waals surface area contributed by atoms with Gasteiger partial charge < -0.3 is 10.4 Å². The van der Waals surface area contributed by atoms with Gasteiger partial charge in [0, 0.05) is 13.1 Å². The van der Waals surface area contributed by atoms with Crippen LogP contribution in [0.2, 0.25) is 0 Å². The van der Waals surface area contributed by atoms with E-state index in [1.54, 1.807) is 13.8 Å². The third-order valence-electron chi connectivity index (χ3n) is 2.65. The Labute approximate surface area is 115 Å². The van der Waals surface area contributed by atoms with E-state index in [1.807, 2.05) is 42.3 Å². The molecule has 0 aliphatic heterocycles. The first-order valence-corrected chi connectivity index (χ1v) is 6.58. The van der Waals surface area contributed by atoms with Crippen LogP contribution in [-0.4, -0.2) is 48.2 Å². The van der Waals surface area contributed by atoms with Crippen molar-refractivity contribution in [2.24, 2.45) is 0 Å². The molecule has 1 amide bonds. The Hall–Kier alpha value is -1.39. The molecule has 4 heteroatoms. The van der Waals surface area contributed by atoms with Gasteiger partial charge in [-0.15, -0.1) is 0 Å². The Morgan fingerprint density at radius 2 is 1.95 bits per heavy atom. The predicted octanol–water partition coefficient (Wildman–Crippen LogP) is 1.05. The van der Waals surface area contributed by atoms with E-state index in [0.717, 1.165) is 6.42 Å². The normalized spacial score (nSPS) is 11.6. The molecule has 0 aromatic heterocycles. The number of hydrogen-bond donors (Lipinski definition) is 2. The minimum atomic E-state index is -0.779. The largest absolute Gasteiger partial charge is 0.389 e. The Bertz CT molecular complexity index is 385. The van der Waals surface area contributed by atoms with E-state index in [0.29, 0.717) is 19.6 Å². The van der Waals surface area contributed by atoms with E-state index in [-0.39, 0.29) is 5.91 Å². The molecule has 0 bridgehead atoms. The van der Waals surface area contributed by atoms with Gasteiger partial charge in [-0.2, -0.15) is 0 Å². The summed E-state index contributed by atoms with van der Waals surface area (Å²) in [4.78, 5) is 13.5. The van der Waals surface area contributed by atoms with Gasteiger partial charge in [0.15, 0.2) is 0 Å². The Balaban J connectivity index is 2.21. The lowest BCUT2D eigenvalue weighted by atomic mass is 10.1. The summed E-state index contributed by atoms with van der Waals surface area (Å²) in [7, 11) is 1.83. The highest BCUT2D eigenvalue weighted by Crippen LogP contribution is 2.02. The molecule has 1 aromatic carbocycles. The van der Waals surface area contributed by atoms with Crippen molar-refractivity contribution in [3.05, 3.63) is 35.9 Å². The van der Waals surface area contributed by atoms with E-state index < -0.39 is 5.60 Å². The molecule has 0 saturated heterocycles. The zero-order chi connectivity index (χ0) is 14.3. The molecule has 106 valence electrons. The summed E-state index contributed by atoms with van der Waals surface area (Å²) in [6.45, 7) is 4.88. The zero-order valence-corrected chi connectivity index (χ0v) is 12.0. The first kappa shape index (κ1) is 15.7. The van der Waals surface area contributed by atoms with Crippen LogP contribution >= 0.6 is 0 Å². The molecular weight excluding hydrogens is 240 g/mol. The molecule has 0 heterocycles. The van der Waals surface area contributed by atoms with Gasteiger partial charge in [-0.05, 0) is 32.9 Å². The lowest BCUT2D eigenvalue weighted by Gasteiger charge is -2.24. The van der Waals surface area contributed by atoms with E-state index in [9.17, 15) is 9.90 Å². The lowest BCUT2D eigenvalue weighted by molar-refractivity contribution is -0.122. The van der Waals surface area contributed by atoms with Gasteiger partial charge in [0.1, 0.15) is 0 Å². The highest BCUT2D eigenvalue weighted by atomic mass is 16.3. The Morgan fingerprint density at radius 3 is 2.53 bits per heavy atom. The summed E-state index contributed by atoms with van der Waals surface area (Å²) >= 11 is 0. The van der Waals surface area contributed by atoms with Crippen molar-refractivity contribution < 1.29 is 9.90 Å². The summed E-state index contributed by atoms with van der Waals surface area (Å²) in [5, 5.41) is 12.5. The van der Waals surface area contributed by atoms with Crippen LogP contribution in [0.1, 0.15) is 19.4 Å². The monoisotopic (exact) mass is 264 g/mol. The van der Waals surface area contributed by atoms with Crippen LogP contribution < -0.4 is 5.32 Å². The minimum Gasteiger partial charge on any atom is -0.389 e. The fraction of sp³-hybridized carbons (Fsp3) is 0.533. The predicted molar refractivity (Wildman–Crippen MR) is 77.0 cm³/mol. The van der Waals surface area contributed by atoms with Crippen LogP contribution in [0.25, 0.3) is 0 Å². The van der Waals surface area contributed by atoms with Gasteiger partial charge in [0.05, 0.1) is 12.1 Å².